The smallest absolute Gasteiger partial charge is 0.334 e. The lowest BCUT2D eigenvalue weighted by Gasteiger charge is -2.44. The van der Waals surface area contributed by atoms with Gasteiger partial charge in [0.1, 0.15) is 11.5 Å². The summed E-state index contributed by atoms with van der Waals surface area (Å²) in [6.45, 7) is 6.44. The first kappa shape index (κ1) is 24.7. The molecule has 5 rings (SSSR count). The van der Waals surface area contributed by atoms with Gasteiger partial charge in [0, 0.05) is 18.8 Å². The van der Waals surface area contributed by atoms with Gasteiger partial charge >= 0.3 is 5.97 Å². The lowest BCUT2D eigenvalue weighted by Crippen LogP contribution is -2.62. The molecule has 37 heavy (non-hydrogen) atoms. The van der Waals surface area contributed by atoms with Gasteiger partial charge in [-0.2, -0.15) is 0 Å². The van der Waals surface area contributed by atoms with Crippen LogP contribution in [0.3, 0.4) is 0 Å². The van der Waals surface area contributed by atoms with E-state index in [2.05, 4.69) is 5.32 Å². The highest BCUT2D eigenvalue weighted by molar-refractivity contribution is 5.90. The number of benzene rings is 2. The Morgan fingerprint density at radius 2 is 1.65 bits per heavy atom. The van der Waals surface area contributed by atoms with Crippen molar-refractivity contribution < 1.29 is 9.53 Å². The van der Waals surface area contributed by atoms with Crippen molar-refractivity contribution in [3.63, 3.8) is 0 Å². The number of pyridine rings is 1. The van der Waals surface area contributed by atoms with Crippen molar-refractivity contribution in [3.8, 4) is 0 Å². The fourth-order valence-electron chi connectivity index (χ4n) is 5.64. The number of hydrogen-bond acceptors (Lipinski definition) is 6. The fourth-order valence-corrected chi connectivity index (χ4v) is 5.64. The van der Waals surface area contributed by atoms with E-state index in [0.29, 0.717) is 23.6 Å². The predicted octanol–water partition coefficient (Wildman–Crippen LogP) is 4.67. The Labute approximate surface area is 216 Å². The average molecular weight is 497 g/mol. The molecule has 0 radical (unpaired) electrons. The van der Waals surface area contributed by atoms with E-state index in [4.69, 9.17) is 9.72 Å². The van der Waals surface area contributed by atoms with E-state index in [-0.39, 0.29) is 17.5 Å². The number of hydrogen-bond donors (Lipinski definition) is 1. The third-order valence-electron chi connectivity index (χ3n) is 7.47. The number of methoxy groups -OCH3 is 1. The zero-order chi connectivity index (χ0) is 26.2. The molecular formula is C30H32N4O3. The summed E-state index contributed by atoms with van der Waals surface area (Å²) in [7, 11) is 1.41. The second kappa shape index (κ2) is 9.82. The molecule has 4 aromatic rings. The SMILES string of the molecule is COC(=O)[C@]1(C(C)C)[C@H](N[C@H](C)c2ccccc2)c2c(nc3ccccn3c2=O)N1Cc1ccccc1. The molecule has 1 aliphatic rings. The summed E-state index contributed by atoms with van der Waals surface area (Å²) in [6, 6.07) is 24.6. The van der Waals surface area contributed by atoms with Gasteiger partial charge in [0.2, 0.25) is 0 Å². The highest BCUT2D eigenvalue weighted by Gasteiger charge is 2.61. The number of rotatable bonds is 7. The molecule has 0 amide bonds. The zero-order valence-electron chi connectivity index (χ0n) is 21.6. The minimum Gasteiger partial charge on any atom is -0.467 e. The predicted molar refractivity (Wildman–Crippen MR) is 144 cm³/mol. The third-order valence-corrected chi connectivity index (χ3v) is 7.47. The van der Waals surface area contributed by atoms with Crippen LogP contribution >= 0.6 is 0 Å². The fraction of sp³-hybridized carbons (Fsp3) is 0.300. The molecule has 0 unspecified atom stereocenters. The second-order valence-corrected chi connectivity index (χ2v) is 9.86. The Morgan fingerprint density at radius 1 is 1.00 bits per heavy atom. The largest absolute Gasteiger partial charge is 0.467 e. The summed E-state index contributed by atoms with van der Waals surface area (Å²) in [5.41, 5.74) is 1.67. The first-order chi connectivity index (χ1) is 17.9. The number of anilines is 1. The molecule has 2 aromatic heterocycles. The van der Waals surface area contributed by atoms with Crippen LogP contribution in [0.5, 0.6) is 0 Å². The Morgan fingerprint density at radius 3 is 2.30 bits per heavy atom. The molecule has 0 bridgehead atoms. The van der Waals surface area contributed by atoms with Crippen molar-refractivity contribution in [1.29, 1.82) is 0 Å². The van der Waals surface area contributed by atoms with E-state index >= 15 is 0 Å². The monoisotopic (exact) mass is 496 g/mol. The number of esters is 1. The summed E-state index contributed by atoms with van der Waals surface area (Å²) < 4.78 is 7.05. The van der Waals surface area contributed by atoms with Crippen molar-refractivity contribution in [1.82, 2.24) is 14.7 Å². The number of nitrogens with one attached hydrogen (secondary N) is 1. The highest BCUT2D eigenvalue weighted by atomic mass is 16.5. The van der Waals surface area contributed by atoms with Crippen molar-refractivity contribution >= 4 is 17.4 Å². The molecule has 7 heteroatoms. The molecule has 0 spiro atoms. The van der Waals surface area contributed by atoms with Crippen LogP contribution in [0.1, 0.15) is 49.5 Å². The maximum absolute atomic E-state index is 14.1. The van der Waals surface area contributed by atoms with Crippen LogP contribution in [-0.4, -0.2) is 28.0 Å². The van der Waals surface area contributed by atoms with Gasteiger partial charge in [0.15, 0.2) is 5.54 Å². The highest BCUT2D eigenvalue weighted by Crippen LogP contribution is 2.50. The van der Waals surface area contributed by atoms with Crippen LogP contribution in [0.4, 0.5) is 5.82 Å². The van der Waals surface area contributed by atoms with Crippen LogP contribution in [0, 0.1) is 5.92 Å². The molecule has 190 valence electrons. The summed E-state index contributed by atoms with van der Waals surface area (Å²) in [6.07, 6.45) is 1.72. The Balaban J connectivity index is 1.78. The van der Waals surface area contributed by atoms with Crippen molar-refractivity contribution in [3.05, 3.63) is 112 Å². The molecule has 2 aromatic carbocycles. The molecule has 0 saturated carbocycles. The minimum absolute atomic E-state index is 0.144. The Hall–Kier alpha value is -3.97. The maximum atomic E-state index is 14.1. The van der Waals surface area contributed by atoms with Crippen LogP contribution in [0.15, 0.2) is 89.9 Å². The summed E-state index contributed by atoms with van der Waals surface area (Å²) >= 11 is 0. The number of nitrogens with zero attached hydrogens (tertiary/aromatic N) is 3. The minimum atomic E-state index is -1.21. The van der Waals surface area contributed by atoms with Crippen LogP contribution in [0.25, 0.3) is 5.65 Å². The Bertz CT molecular complexity index is 1470. The van der Waals surface area contributed by atoms with Gasteiger partial charge in [-0.25, -0.2) is 9.78 Å². The van der Waals surface area contributed by atoms with E-state index in [1.54, 1.807) is 10.6 Å². The van der Waals surface area contributed by atoms with Crippen LogP contribution in [-0.2, 0) is 16.1 Å². The normalized spacial score (nSPS) is 19.7. The maximum Gasteiger partial charge on any atom is 0.334 e. The number of aromatic nitrogens is 2. The van der Waals surface area contributed by atoms with Crippen molar-refractivity contribution in [2.75, 3.05) is 12.0 Å². The molecule has 1 aliphatic heterocycles. The molecule has 7 nitrogen and oxygen atoms in total. The quantitative estimate of drug-likeness (QED) is 0.375. The van der Waals surface area contributed by atoms with E-state index in [1.807, 2.05) is 105 Å². The molecular weight excluding hydrogens is 464 g/mol. The average Bonchev–Trinajstić information content (AvgIpc) is 3.19. The van der Waals surface area contributed by atoms with Gasteiger partial charge in [-0.1, -0.05) is 80.6 Å². The van der Waals surface area contributed by atoms with Gasteiger partial charge in [0.25, 0.3) is 5.56 Å². The lowest BCUT2D eigenvalue weighted by molar-refractivity contribution is -0.150. The van der Waals surface area contributed by atoms with Gasteiger partial charge < -0.3 is 15.0 Å². The first-order valence-corrected chi connectivity index (χ1v) is 12.6. The van der Waals surface area contributed by atoms with Crippen LogP contribution in [0.2, 0.25) is 0 Å². The summed E-state index contributed by atoms with van der Waals surface area (Å²) in [5, 5.41) is 3.66. The molecule has 3 atom stereocenters. The van der Waals surface area contributed by atoms with E-state index in [9.17, 15) is 9.59 Å². The Kier molecular flexibility index (Phi) is 6.56. The van der Waals surface area contributed by atoms with Gasteiger partial charge in [-0.3, -0.25) is 9.20 Å². The zero-order valence-corrected chi connectivity index (χ0v) is 21.6. The summed E-state index contributed by atoms with van der Waals surface area (Å²) in [4.78, 5) is 35.0. The number of fused-ring (bicyclic) bond motifs is 2. The lowest BCUT2D eigenvalue weighted by atomic mass is 9.78. The number of carbonyl (C=O) groups is 1. The molecule has 0 fully saturated rings. The molecule has 0 aliphatic carbocycles. The van der Waals surface area contributed by atoms with Crippen molar-refractivity contribution in [2.24, 2.45) is 5.92 Å². The van der Waals surface area contributed by atoms with Gasteiger partial charge in [0.05, 0.1) is 18.7 Å². The van der Waals surface area contributed by atoms with E-state index < -0.39 is 17.6 Å². The standard InChI is InChI=1S/C30H32N4O3/c1-20(2)30(29(36)37-4)26(31-21(3)23-15-9-6-10-16-23)25-27(34(30)19-22-13-7-5-8-14-22)32-24-17-11-12-18-33(24)28(25)35/h5-18,20-21,26,31H,19H2,1-4H3/t21-,26-,30+/m1/s1. The van der Waals surface area contributed by atoms with Gasteiger partial charge in [-0.15, -0.1) is 0 Å². The molecule has 3 heterocycles. The van der Waals surface area contributed by atoms with E-state index in [0.717, 1.165) is 11.1 Å². The summed E-state index contributed by atoms with van der Waals surface area (Å²) in [5.74, 6) is -0.106. The van der Waals surface area contributed by atoms with Gasteiger partial charge in [-0.05, 0) is 36.1 Å². The second-order valence-electron chi connectivity index (χ2n) is 9.86. The number of carbonyl (C=O) groups excluding carboxylic acids is 1. The molecule has 1 N–H and O–H groups in total. The topological polar surface area (TPSA) is 75.9 Å². The molecule has 0 saturated heterocycles. The first-order valence-electron chi connectivity index (χ1n) is 12.6. The van der Waals surface area contributed by atoms with Crippen LogP contribution < -0.4 is 15.8 Å². The van der Waals surface area contributed by atoms with Crippen molar-refractivity contribution in [2.45, 2.75) is 44.9 Å². The number of ether oxygens (including phenoxy) is 1. The van der Waals surface area contributed by atoms with E-state index in [1.165, 1.54) is 7.11 Å². The third kappa shape index (κ3) is 4.00.